The van der Waals surface area contributed by atoms with Gasteiger partial charge < -0.3 is 10.6 Å². The van der Waals surface area contributed by atoms with E-state index in [0.717, 1.165) is 30.1 Å². The Morgan fingerprint density at radius 3 is 2.48 bits per heavy atom. The molecule has 0 bridgehead atoms. The largest absolute Gasteiger partial charge is 0.358 e. The molecule has 1 amide bonds. The lowest BCUT2D eigenvalue weighted by molar-refractivity contribution is -0.125. The van der Waals surface area contributed by atoms with E-state index in [1.54, 1.807) is 7.05 Å². The summed E-state index contributed by atoms with van der Waals surface area (Å²) in [7, 11) is 1.70. The van der Waals surface area contributed by atoms with Gasteiger partial charge in [0.2, 0.25) is 5.91 Å². The molecule has 142 valence electrons. The number of hydrogen-bond acceptors (Lipinski definition) is 3. The molecule has 0 aliphatic carbocycles. The van der Waals surface area contributed by atoms with Crippen LogP contribution in [0.1, 0.15) is 17.5 Å². The van der Waals surface area contributed by atoms with Gasteiger partial charge in [-0.05, 0) is 23.6 Å². The number of likely N-dealkylation sites (tertiary alicyclic amines) is 1. The summed E-state index contributed by atoms with van der Waals surface area (Å²) in [5, 5.41) is 7.06. The fourth-order valence-corrected chi connectivity index (χ4v) is 3.71. The van der Waals surface area contributed by atoms with Crippen LogP contribution in [0.5, 0.6) is 0 Å². The monoisotopic (exact) mass is 383 g/mol. The van der Waals surface area contributed by atoms with Crippen LogP contribution in [-0.2, 0) is 11.3 Å². The van der Waals surface area contributed by atoms with Crippen LogP contribution in [0.25, 0.3) is 6.08 Å². The van der Waals surface area contributed by atoms with Crippen LogP contribution in [0.15, 0.2) is 65.7 Å². The molecule has 2 atom stereocenters. The number of nitrogens with zero attached hydrogens (tertiary/aromatic N) is 1. The van der Waals surface area contributed by atoms with E-state index in [9.17, 15) is 4.79 Å². The molecule has 1 saturated heterocycles. The van der Waals surface area contributed by atoms with Crippen molar-refractivity contribution in [2.24, 2.45) is 0 Å². The van der Waals surface area contributed by atoms with Gasteiger partial charge in [0.15, 0.2) is 0 Å². The summed E-state index contributed by atoms with van der Waals surface area (Å²) in [6.07, 6.45) is 2.75. The van der Waals surface area contributed by atoms with Gasteiger partial charge in [0, 0.05) is 37.8 Å². The third-order valence-corrected chi connectivity index (χ3v) is 5.11. The Morgan fingerprint density at radius 1 is 1.15 bits per heavy atom. The predicted molar refractivity (Wildman–Crippen MR) is 111 cm³/mol. The lowest BCUT2D eigenvalue weighted by Gasteiger charge is -2.22. The third kappa shape index (κ3) is 5.67. The second-order valence-corrected chi connectivity index (χ2v) is 7.35. The highest BCUT2D eigenvalue weighted by Crippen LogP contribution is 2.21. The SMILES string of the molecule is CNC(=O)[C@@H]1C[C@H](NC/C(Cl)=C/c2ccccc2)CN1Cc1ccccc1. The molecule has 2 N–H and O–H groups in total. The molecule has 1 aliphatic heterocycles. The first-order valence-corrected chi connectivity index (χ1v) is 9.67. The summed E-state index contributed by atoms with van der Waals surface area (Å²) >= 11 is 6.39. The van der Waals surface area contributed by atoms with Gasteiger partial charge in [0.1, 0.15) is 0 Å². The fraction of sp³-hybridized carbons (Fsp3) is 0.318. The number of benzene rings is 2. The van der Waals surface area contributed by atoms with Crippen molar-refractivity contribution in [2.45, 2.75) is 25.0 Å². The van der Waals surface area contributed by atoms with E-state index >= 15 is 0 Å². The first-order valence-electron chi connectivity index (χ1n) is 9.30. The maximum atomic E-state index is 12.3. The van der Waals surface area contributed by atoms with Gasteiger partial charge in [0.25, 0.3) is 0 Å². The van der Waals surface area contributed by atoms with E-state index in [2.05, 4.69) is 27.7 Å². The van der Waals surface area contributed by atoms with Crippen molar-refractivity contribution in [2.75, 3.05) is 20.1 Å². The molecule has 2 aromatic rings. The van der Waals surface area contributed by atoms with Crippen molar-refractivity contribution >= 4 is 23.6 Å². The van der Waals surface area contributed by atoms with Crippen molar-refractivity contribution < 1.29 is 4.79 Å². The normalized spacial score (nSPS) is 20.6. The Balaban J connectivity index is 1.59. The standard InChI is InChI=1S/C22H26ClN3O/c1-24-22(27)21-13-20(16-26(21)15-18-10-6-3-7-11-18)25-14-19(23)12-17-8-4-2-5-9-17/h2-12,20-21,25H,13-16H2,1H3,(H,24,27)/b19-12-/t20-,21-/m0/s1. The van der Waals surface area contributed by atoms with Gasteiger partial charge in [-0.1, -0.05) is 72.3 Å². The molecule has 2 aromatic carbocycles. The van der Waals surface area contributed by atoms with Crippen LogP contribution in [0.3, 0.4) is 0 Å². The van der Waals surface area contributed by atoms with Gasteiger partial charge in [-0.15, -0.1) is 0 Å². The van der Waals surface area contributed by atoms with Crippen molar-refractivity contribution in [3.8, 4) is 0 Å². The topological polar surface area (TPSA) is 44.4 Å². The molecule has 0 spiro atoms. The van der Waals surface area contributed by atoms with Gasteiger partial charge >= 0.3 is 0 Å². The Bertz CT molecular complexity index is 764. The van der Waals surface area contributed by atoms with E-state index < -0.39 is 0 Å². The predicted octanol–water partition coefficient (Wildman–Crippen LogP) is 3.25. The molecule has 5 heteroatoms. The minimum atomic E-state index is -0.121. The zero-order valence-electron chi connectivity index (χ0n) is 15.6. The van der Waals surface area contributed by atoms with Crippen molar-refractivity contribution in [1.82, 2.24) is 15.5 Å². The number of rotatable bonds is 7. The van der Waals surface area contributed by atoms with Crippen LogP contribution >= 0.6 is 11.6 Å². The van der Waals surface area contributed by atoms with Gasteiger partial charge in [-0.3, -0.25) is 9.69 Å². The van der Waals surface area contributed by atoms with Crippen LogP contribution in [-0.4, -0.2) is 43.0 Å². The van der Waals surface area contributed by atoms with E-state index in [1.807, 2.05) is 54.6 Å². The highest BCUT2D eigenvalue weighted by atomic mass is 35.5. The van der Waals surface area contributed by atoms with E-state index in [4.69, 9.17) is 11.6 Å². The van der Waals surface area contributed by atoms with Crippen molar-refractivity contribution in [3.63, 3.8) is 0 Å². The highest BCUT2D eigenvalue weighted by molar-refractivity contribution is 6.31. The maximum Gasteiger partial charge on any atom is 0.237 e. The zero-order chi connectivity index (χ0) is 19.1. The minimum Gasteiger partial charge on any atom is -0.358 e. The van der Waals surface area contributed by atoms with Crippen molar-refractivity contribution in [1.29, 1.82) is 0 Å². The van der Waals surface area contributed by atoms with E-state index in [1.165, 1.54) is 5.56 Å². The number of amides is 1. The summed E-state index contributed by atoms with van der Waals surface area (Å²) in [5.41, 5.74) is 2.30. The smallest absolute Gasteiger partial charge is 0.237 e. The van der Waals surface area contributed by atoms with Crippen LogP contribution in [0.2, 0.25) is 0 Å². The number of hydrogen-bond donors (Lipinski definition) is 2. The Hall–Kier alpha value is -2.14. The fourth-order valence-electron chi connectivity index (χ4n) is 3.51. The Labute approximate surface area is 166 Å². The Kier molecular flexibility index (Phi) is 7.04. The molecule has 3 rings (SSSR count). The second kappa shape index (κ2) is 9.70. The molecule has 0 radical (unpaired) electrons. The molecular formula is C22H26ClN3O. The zero-order valence-corrected chi connectivity index (χ0v) is 16.3. The summed E-state index contributed by atoms with van der Waals surface area (Å²) < 4.78 is 0. The quantitative estimate of drug-likeness (QED) is 0.771. The average Bonchev–Trinajstić information content (AvgIpc) is 3.10. The average molecular weight is 384 g/mol. The van der Waals surface area contributed by atoms with Crippen LogP contribution in [0, 0.1) is 0 Å². The minimum absolute atomic E-state index is 0.0705. The molecule has 0 aromatic heterocycles. The van der Waals surface area contributed by atoms with Gasteiger partial charge in [-0.2, -0.15) is 0 Å². The number of carbonyl (C=O) groups excluding carboxylic acids is 1. The second-order valence-electron chi connectivity index (χ2n) is 6.86. The summed E-state index contributed by atoms with van der Waals surface area (Å²) in [6, 6.07) is 20.4. The molecule has 27 heavy (non-hydrogen) atoms. The third-order valence-electron chi connectivity index (χ3n) is 4.86. The number of likely N-dealkylation sites (N-methyl/N-ethyl adjacent to an activating group) is 1. The van der Waals surface area contributed by atoms with Crippen molar-refractivity contribution in [3.05, 3.63) is 76.8 Å². The first kappa shape index (κ1) is 19.6. The molecule has 1 heterocycles. The Morgan fingerprint density at radius 2 is 1.81 bits per heavy atom. The molecule has 1 aliphatic rings. The number of halogens is 1. The van der Waals surface area contributed by atoms with Crippen LogP contribution in [0.4, 0.5) is 0 Å². The molecule has 0 saturated carbocycles. The first-order chi connectivity index (χ1) is 13.2. The molecular weight excluding hydrogens is 358 g/mol. The number of carbonyl (C=O) groups is 1. The van der Waals surface area contributed by atoms with Crippen LogP contribution < -0.4 is 10.6 Å². The lowest BCUT2D eigenvalue weighted by atomic mass is 10.1. The molecule has 1 fully saturated rings. The highest BCUT2D eigenvalue weighted by Gasteiger charge is 2.35. The summed E-state index contributed by atoms with van der Waals surface area (Å²) in [6.45, 7) is 2.19. The van der Waals surface area contributed by atoms with Gasteiger partial charge in [0.05, 0.1) is 6.04 Å². The molecule has 0 unspecified atom stereocenters. The van der Waals surface area contributed by atoms with Gasteiger partial charge in [-0.25, -0.2) is 0 Å². The summed E-state index contributed by atoms with van der Waals surface area (Å²) in [4.78, 5) is 14.6. The number of nitrogens with one attached hydrogen (secondary N) is 2. The van der Waals surface area contributed by atoms with E-state index in [0.29, 0.717) is 6.54 Å². The van der Waals surface area contributed by atoms with E-state index in [-0.39, 0.29) is 18.0 Å². The molecule has 4 nitrogen and oxygen atoms in total. The summed E-state index contributed by atoms with van der Waals surface area (Å²) in [5.74, 6) is 0.0705. The maximum absolute atomic E-state index is 12.3. The lowest BCUT2D eigenvalue weighted by Crippen LogP contribution is -2.41.